The average Bonchev–Trinajstić information content (AvgIpc) is 2.58. The number of rotatable bonds is 3. The summed E-state index contributed by atoms with van der Waals surface area (Å²) in [4.78, 5) is 4.47. The topological polar surface area (TPSA) is 12.4 Å². The normalized spacial score (nSPS) is 19.0. The number of nitrogens with zero attached hydrogens (tertiary/aromatic N) is 1. The van der Waals surface area contributed by atoms with Gasteiger partial charge < -0.3 is 0 Å². The molecule has 0 amide bonds. The molecular formula is C11H14AsN. The van der Waals surface area contributed by atoms with Crippen LogP contribution in [-0.4, -0.2) is 19.7 Å². The van der Waals surface area contributed by atoms with Gasteiger partial charge in [-0.15, -0.1) is 0 Å². The summed E-state index contributed by atoms with van der Waals surface area (Å²) in [6.07, 6.45) is 2.67. The Morgan fingerprint density at radius 2 is 2.15 bits per heavy atom. The summed E-state index contributed by atoms with van der Waals surface area (Å²) < 4.78 is 1.56. The molecule has 68 valence electrons. The first-order chi connectivity index (χ1) is 6.42. The van der Waals surface area contributed by atoms with Crippen molar-refractivity contribution in [3.05, 3.63) is 24.3 Å². The van der Waals surface area contributed by atoms with E-state index in [9.17, 15) is 0 Å². The molecule has 1 heterocycles. The monoisotopic (exact) mass is 235 g/mol. The van der Waals surface area contributed by atoms with Gasteiger partial charge >= 0.3 is 83.9 Å². The average molecular weight is 235 g/mol. The van der Waals surface area contributed by atoms with E-state index in [1.54, 1.807) is 4.35 Å². The quantitative estimate of drug-likeness (QED) is 0.713. The standard InChI is InChI=1S/C11H14AsN/c1-2-3-8-12-9-13-11-7-5-4-6-10(11)12/h4-7,9H,2-3,8H2,1H3. The van der Waals surface area contributed by atoms with Crippen LogP contribution in [0.4, 0.5) is 5.69 Å². The van der Waals surface area contributed by atoms with Crippen LogP contribution >= 0.6 is 0 Å². The molecule has 1 aliphatic rings. The van der Waals surface area contributed by atoms with E-state index in [1.165, 1.54) is 23.7 Å². The van der Waals surface area contributed by atoms with Crippen molar-refractivity contribution in [1.82, 2.24) is 0 Å². The molecule has 1 nitrogen and oxygen atoms in total. The summed E-state index contributed by atoms with van der Waals surface area (Å²) in [6.45, 7) is 2.26. The number of unbranched alkanes of at least 4 members (excludes halogenated alkanes) is 1. The van der Waals surface area contributed by atoms with Gasteiger partial charge in [-0.25, -0.2) is 0 Å². The Balaban J connectivity index is 2.14. The van der Waals surface area contributed by atoms with Crippen LogP contribution in [0.5, 0.6) is 0 Å². The number of benzene rings is 1. The van der Waals surface area contributed by atoms with Crippen molar-refractivity contribution in [2.24, 2.45) is 4.99 Å². The fourth-order valence-electron chi connectivity index (χ4n) is 1.52. The second-order valence-corrected chi connectivity index (χ2v) is 7.69. The summed E-state index contributed by atoms with van der Waals surface area (Å²) in [5.41, 5.74) is 1.23. The van der Waals surface area contributed by atoms with Gasteiger partial charge in [0.15, 0.2) is 0 Å². The molecule has 0 saturated carbocycles. The molecule has 0 N–H and O–H groups in total. The second kappa shape index (κ2) is 4.11. The maximum absolute atomic E-state index is 4.47. The molecule has 13 heavy (non-hydrogen) atoms. The van der Waals surface area contributed by atoms with Gasteiger partial charge in [-0.1, -0.05) is 0 Å². The van der Waals surface area contributed by atoms with Gasteiger partial charge in [-0.2, -0.15) is 0 Å². The van der Waals surface area contributed by atoms with Gasteiger partial charge in [-0.3, -0.25) is 0 Å². The molecular weight excluding hydrogens is 221 g/mol. The molecule has 0 radical (unpaired) electrons. The van der Waals surface area contributed by atoms with Crippen LogP contribution in [-0.2, 0) is 0 Å². The van der Waals surface area contributed by atoms with Crippen molar-refractivity contribution in [3.8, 4) is 0 Å². The predicted molar refractivity (Wildman–Crippen MR) is 59.7 cm³/mol. The third kappa shape index (κ3) is 1.86. The van der Waals surface area contributed by atoms with Crippen molar-refractivity contribution in [2.45, 2.75) is 25.0 Å². The number of para-hydroxylation sites is 1. The van der Waals surface area contributed by atoms with E-state index in [1.807, 2.05) is 0 Å². The molecule has 0 aromatic heterocycles. The maximum atomic E-state index is 4.47. The van der Waals surface area contributed by atoms with E-state index in [2.05, 4.69) is 41.2 Å². The first-order valence-corrected chi connectivity index (χ1v) is 8.16. The predicted octanol–water partition coefficient (Wildman–Crippen LogP) is 2.44. The van der Waals surface area contributed by atoms with Crippen molar-refractivity contribution >= 4 is 29.7 Å². The van der Waals surface area contributed by atoms with Crippen LogP contribution in [0.1, 0.15) is 19.8 Å². The molecule has 2 rings (SSSR count). The minimum absolute atomic E-state index is 0.856. The van der Waals surface area contributed by atoms with Crippen LogP contribution in [0.25, 0.3) is 0 Å². The Kier molecular flexibility index (Phi) is 2.85. The molecule has 1 aromatic rings. The number of aliphatic imine (C=N–C) groups is 1. The minimum atomic E-state index is -0.856. The van der Waals surface area contributed by atoms with Crippen LogP contribution in [0.15, 0.2) is 29.3 Å². The summed E-state index contributed by atoms with van der Waals surface area (Å²) >= 11 is -0.856. The Morgan fingerprint density at radius 1 is 1.31 bits per heavy atom. The van der Waals surface area contributed by atoms with Gasteiger partial charge in [0.05, 0.1) is 0 Å². The molecule has 0 bridgehead atoms. The van der Waals surface area contributed by atoms with Crippen molar-refractivity contribution < 1.29 is 0 Å². The first kappa shape index (κ1) is 9.02. The summed E-state index contributed by atoms with van der Waals surface area (Å²) in [7, 11) is 0. The second-order valence-electron chi connectivity index (χ2n) is 3.28. The third-order valence-corrected chi connectivity index (χ3v) is 6.87. The zero-order valence-electron chi connectivity index (χ0n) is 7.90. The summed E-state index contributed by atoms with van der Waals surface area (Å²) in [5, 5.41) is 3.64. The van der Waals surface area contributed by atoms with E-state index in [0.717, 1.165) is 0 Å². The molecule has 2 heteroatoms. The molecule has 0 spiro atoms. The van der Waals surface area contributed by atoms with E-state index < -0.39 is 14.7 Å². The van der Waals surface area contributed by atoms with Crippen LogP contribution in [0.3, 0.4) is 0 Å². The molecule has 1 atom stereocenters. The van der Waals surface area contributed by atoms with Gasteiger partial charge in [0.25, 0.3) is 0 Å². The number of hydrogen-bond acceptors (Lipinski definition) is 1. The first-order valence-electron chi connectivity index (χ1n) is 4.81. The van der Waals surface area contributed by atoms with E-state index in [0.29, 0.717) is 0 Å². The molecule has 1 unspecified atom stereocenters. The van der Waals surface area contributed by atoms with E-state index >= 15 is 0 Å². The molecule has 1 aliphatic heterocycles. The Hall–Kier alpha value is -0.552. The van der Waals surface area contributed by atoms with Gasteiger partial charge in [0, 0.05) is 0 Å². The fraction of sp³-hybridized carbons (Fsp3) is 0.364. The van der Waals surface area contributed by atoms with Crippen molar-refractivity contribution in [1.29, 1.82) is 0 Å². The summed E-state index contributed by atoms with van der Waals surface area (Å²) in [5.74, 6) is 0. The van der Waals surface area contributed by atoms with Crippen molar-refractivity contribution in [2.75, 3.05) is 0 Å². The van der Waals surface area contributed by atoms with Gasteiger partial charge in [-0.05, 0) is 0 Å². The zero-order chi connectivity index (χ0) is 9.10. The van der Waals surface area contributed by atoms with Crippen LogP contribution in [0.2, 0.25) is 5.21 Å². The molecule has 0 fully saturated rings. The Bertz CT molecular complexity index is 320. The summed E-state index contributed by atoms with van der Waals surface area (Å²) in [6, 6.07) is 8.61. The Labute approximate surface area is 84.1 Å². The molecule has 1 aromatic carbocycles. The SMILES string of the molecule is CCCC[As]1C=Nc2ccccc21. The Morgan fingerprint density at radius 3 is 3.00 bits per heavy atom. The zero-order valence-corrected chi connectivity index (χ0v) is 9.78. The molecule has 0 saturated heterocycles. The van der Waals surface area contributed by atoms with E-state index in [4.69, 9.17) is 0 Å². The third-order valence-electron chi connectivity index (χ3n) is 2.28. The van der Waals surface area contributed by atoms with Crippen LogP contribution < -0.4 is 4.35 Å². The molecule has 0 aliphatic carbocycles. The van der Waals surface area contributed by atoms with Gasteiger partial charge in [0.1, 0.15) is 0 Å². The number of hydrogen-bond donors (Lipinski definition) is 0. The van der Waals surface area contributed by atoms with Gasteiger partial charge in [0.2, 0.25) is 0 Å². The van der Waals surface area contributed by atoms with E-state index in [-0.39, 0.29) is 0 Å². The number of fused-ring (bicyclic) bond motifs is 1. The van der Waals surface area contributed by atoms with Crippen LogP contribution in [0, 0.1) is 0 Å². The fourth-order valence-corrected chi connectivity index (χ4v) is 5.93. The van der Waals surface area contributed by atoms with Crippen molar-refractivity contribution in [3.63, 3.8) is 0 Å².